The molecular formula is C20H23N3O5. The number of aliphatic hydroxyl groups excluding tert-OH is 1. The zero-order valence-corrected chi connectivity index (χ0v) is 15.4. The van der Waals surface area contributed by atoms with E-state index in [1.165, 1.54) is 24.3 Å². The van der Waals surface area contributed by atoms with Crippen LogP contribution in [0.15, 0.2) is 54.6 Å². The minimum absolute atomic E-state index is 0.00387. The molecule has 1 aliphatic heterocycles. The van der Waals surface area contributed by atoms with E-state index < -0.39 is 11.0 Å². The lowest BCUT2D eigenvalue weighted by molar-refractivity contribution is -0.384. The van der Waals surface area contributed by atoms with Crippen molar-refractivity contribution in [3.05, 3.63) is 70.3 Å². The Kier molecular flexibility index (Phi) is 6.57. The van der Waals surface area contributed by atoms with Gasteiger partial charge in [-0.2, -0.15) is 0 Å². The smallest absolute Gasteiger partial charge is 0.269 e. The average molecular weight is 385 g/mol. The molecule has 1 saturated heterocycles. The lowest BCUT2D eigenvalue weighted by Crippen LogP contribution is -2.50. The predicted molar refractivity (Wildman–Crippen MR) is 103 cm³/mol. The van der Waals surface area contributed by atoms with Crippen LogP contribution >= 0.6 is 0 Å². The number of carbonyl (C=O) groups is 1. The van der Waals surface area contributed by atoms with Gasteiger partial charge in [0.05, 0.1) is 4.92 Å². The fourth-order valence-electron chi connectivity index (χ4n) is 3.10. The normalized spacial score (nSPS) is 15.8. The largest absolute Gasteiger partial charge is 0.491 e. The molecule has 1 N–H and O–H groups in total. The van der Waals surface area contributed by atoms with Gasteiger partial charge in [0.1, 0.15) is 18.5 Å². The molecule has 1 heterocycles. The first-order valence-corrected chi connectivity index (χ1v) is 9.15. The van der Waals surface area contributed by atoms with E-state index in [9.17, 15) is 20.0 Å². The summed E-state index contributed by atoms with van der Waals surface area (Å²) >= 11 is 0. The van der Waals surface area contributed by atoms with Gasteiger partial charge < -0.3 is 14.7 Å². The molecule has 1 aliphatic rings. The number of piperazine rings is 1. The van der Waals surface area contributed by atoms with Crippen molar-refractivity contribution < 1.29 is 19.6 Å². The van der Waals surface area contributed by atoms with Crippen LogP contribution < -0.4 is 4.74 Å². The van der Waals surface area contributed by atoms with E-state index in [1.807, 2.05) is 35.2 Å². The number of carbonyl (C=O) groups excluding carboxylic acids is 1. The number of amides is 1. The first-order valence-electron chi connectivity index (χ1n) is 9.15. The number of aliphatic hydroxyl groups is 1. The monoisotopic (exact) mass is 385 g/mol. The van der Waals surface area contributed by atoms with E-state index in [2.05, 4.69) is 4.90 Å². The topological polar surface area (TPSA) is 96.2 Å². The molecule has 0 aromatic heterocycles. The molecule has 2 aromatic carbocycles. The summed E-state index contributed by atoms with van der Waals surface area (Å²) < 4.78 is 5.50. The van der Waals surface area contributed by atoms with Gasteiger partial charge in [0, 0.05) is 50.4 Å². The lowest BCUT2D eigenvalue weighted by atomic mass is 10.2. The lowest BCUT2D eigenvalue weighted by Gasteiger charge is -2.35. The third-order valence-corrected chi connectivity index (χ3v) is 4.64. The minimum atomic E-state index is -0.688. The molecule has 148 valence electrons. The number of nitro groups is 1. The number of ether oxygens (including phenoxy) is 1. The number of hydrogen-bond acceptors (Lipinski definition) is 6. The van der Waals surface area contributed by atoms with Gasteiger partial charge in [-0.25, -0.2) is 0 Å². The zero-order valence-electron chi connectivity index (χ0n) is 15.4. The van der Waals surface area contributed by atoms with Gasteiger partial charge in [0.15, 0.2) is 0 Å². The number of rotatable bonds is 7. The quantitative estimate of drug-likeness (QED) is 0.577. The second-order valence-corrected chi connectivity index (χ2v) is 6.67. The van der Waals surface area contributed by atoms with E-state index >= 15 is 0 Å². The molecule has 1 amide bonds. The fourth-order valence-corrected chi connectivity index (χ4v) is 3.10. The summed E-state index contributed by atoms with van der Waals surface area (Å²) in [6.45, 7) is 3.15. The number of non-ortho nitro benzene ring substituents is 1. The summed E-state index contributed by atoms with van der Waals surface area (Å²) in [5, 5.41) is 20.8. The Morgan fingerprint density at radius 3 is 2.32 bits per heavy atom. The van der Waals surface area contributed by atoms with E-state index in [4.69, 9.17) is 4.74 Å². The van der Waals surface area contributed by atoms with Gasteiger partial charge in [0.2, 0.25) is 0 Å². The second kappa shape index (κ2) is 9.29. The molecule has 8 heteroatoms. The fraction of sp³-hybridized carbons (Fsp3) is 0.350. The SMILES string of the molecule is O=C(c1ccccc1)N1CCN(C[C@H](O)COc2ccc([N+](=O)[O-])cc2)CC1. The Morgan fingerprint density at radius 1 is 1.07 bits per heavy atom. The van der Waals surface area contributed by atoms with Gasteiger partial charge in [-0.05, 0) is 24.3 Å². The molecule has 0 unspecified atom stereocenters. The maximum Gasteiger partial charge on any atom is 0.269 e. The van der Waals surface area contributed by atoms with Crippen LogP contribution in [0, 0.1) is 10.1 Å². The van der Waals surface area contributed by atoms with Gasteiger partial charge in [-0.1, -0.05) is 18.2 Å². The van der Waals surface area contributed by atoms with Crippen LogP contribution in [0.1, 0.15) is 10.4 Å². The maximum atomic E-state index is 12.4. The summed E-state index contributed by atoms with van der Waals surface area (Å²) in [6.07, 6.45) is -0.688. The van der Waals surface area contributed by atoms with E-state index in [0.29, 0.717) is 44.0 Å². The molecule has 2 aromatic rings. The number of nitrogens with zero attached hydrogens (tertiary/aromatic N) is 3. The highest BCUT2D eigenvalue weighted by Crippen LogP contribution is 2.17. The number of hydrogen-bond donors (Lipinski definition) is 1. The summed E-state index contributed by atoms with van der Waals surface area (Å²) in [4.78, 5) is 26.5. The summed E-state index contributed by atoms with van der Waals surface area (Å²) in [5.74, 6) is 0.505. The van der Waals surface area contributed by atoms with Crippen LogP contribution in [0.2, 0.25) is 0 Å². The van der Waals surface area contributed by atoms with Crippen LogP contribution in [0.3, 0.4) is 0 Å². The van der Waals surface area contributed by atoms with Gasteiger partial charge in [-0.15, -0.1) is 0 Å². The maximum absolute atomic E-state index is 12.4. The highest BCUT2D eigenvalue weighted by Gasteiger charge is 2.23. The van der Waals surface area contributed by atoms with E-state index in [0.717, 1.165) is 0 Å². The molecule has 28 heavy (non-hydrogen) atoms. The van der Waals surface area contributed by atoms with Crippen molar-refractivity contribution in [1.29, 1.82) is 0 Å². The van der Waals surface area contributed by atoms with Crippen LogP contribution in [0.4, 0.5) is 5.69 Å². The molecule has 8 nitrogen and oxygen atoms in total. The molecule has 0 aliphatic carbocycles. The van der Waals surface area contributed by atoms with Crippen molar-refractivity contribution in [3.63, 3.8) is 0 Å². The Hall–Kier alpha value is -2.97. The summed E-state index contributed by atoms with van der Waals surface area (Å²) in [6, 6.07) is 15.0. The van der Waals surface area contributed by atoms with E-state index in [-0.39, 0.29) is 18.2 Å². The first-order chi connectivity index (χ1) is 13.5. The van der Waals surface area contributed by atoms with Crippen molar-refractivity contribution in [2.45, 2.75) is 6.10 Å². The van der Waals surface area contributed by atoms with Gasteiger partial charge in [0.25, 0.3) is 11.6 Å². The molecule has 0 radical (unpaired) electrons. The molecule has 1 fully saturated rings. The molecular weight excluding hydrogens is 362 g/mol. The van der Waals surface area contributed by atoms with Crippen molar-refractivity contribution in [1.82, 2.24) is 9.80 Å². The van der Waals surface area contributed by atoms with Crippen LogP contribution in [0.5, 0.6) is 5.75 Å². The average Bonchev–Trinajstić information content (AvgIpc) is 2.73. The highest BCUT2D eigenvalue weighted by molar-refractivity contribution is 5.94. The third-order valence-electron chi connectivity index (χ3n) is 4.64. The number of β-amino-alcohol motifs (C(OH)–C–C–N with tert-alkyl or cyclic N) is 1. The Balaban J connectivity index is 1.40. The summed E-state index contributed by atoms with van der Waals surface area (Å²) in [7, 11) is 0. The van der Waals surface area contributed by atoms with Crippen molar-refractivity contribution in [2.75, 3.05) is 39.3 Å². The Morgan fingerprint density at radius 2 is 1.71 bits per heavy atom. The number of nitro benzene ring substituents is 1. The van der Waals surface area contributed by atoms with Gasteiger partial charge >= 0.3 is 0 Å². The summed E-state index contributed by atoms with van der Waals surface area (Å²) in [5.41, 5.74) is 0.684. The minimum Gasteiger partial charge on any atom is -0.491 e. The Labute approximate surface area is 163 Å². The van der Waals surface area contributed by atoms with Gasteiger partial charge in [-0.3, -0.25) is 19.8 Å². The van der Waals surface area contributed by atoms with E-state index in [1.54, 1.807) is 0 Å². The molecule has 0 spiro atoms. The van der Waals surface area contributed by atoms with Crippen LogP contribution in [0.25, 0.3) is 0 Å². The zero-order chi connectivity index (χ0) is 19.9. The predicted octanol–water partition coefficient (Wildman–Crippen LogP) is 1.79. The van der Waals surface area contributed by atoms with Crippen molar-refractivity contribution >= 4 is 11.6 Å². The first kappa shape index (κ1) is 19.8. The second-order valence-electron chi connectivity index (χ2n) is 6.67. The van der Waals surface area contributed by atoms with Crippen molar-refractivity contribution in [3.8, 4) is 5.75 Å². The standard InChI is InChI=1S/C20H23N3O5/c24-18(15-28-19-8-6-17(7-9-19)23(26)27)14-21-10-12-22(13-11-21)20(25)16-4-2-1-3-5-16/h1-9,18,24H,10-15H2/t18-/m0/s1. The molecule has 0 bridgehead atoms. The van der Waals surface area contributed by atoms with Crippen LogP contribution in [-0.2, 0) is 0 Å². The van der Waals surface area contributed by atoms with Crippen LogP contribution in [-0.4, -0.2) is 71.2 Å². The highest BCUT2D eigenvalue weighted by atomic mass is 16.6. The molecule has 0 saturated carbocycles. The molecule has 1 atom stereocenters. The third kappa shape index (κ3) is 5.28. The Bertz CT molecular complexity index is 789. The number of benzene rings is 2. The van der Waals surface area contributed by atoms with Crippen molar-refractivity contribution in [2.24, 2.45) is 0 Å². The molecule has 3 rings (SSSR count).